The average molecular weight is 513 g/mol. The molecule has 0 spiro atoms. The summed E-state index contributed by atoms with van der Waals surface area (Å²) in [4.78, 5) is 15.0. The fourth-order valence-corrected chi connectivity index (χ4v) is 6.08. The zero-order valence-corrected chi connectivity index (χ0v) is 21.2. The fraction of sp³-hybridized carbons (Fsp3) is 0. The summed E-state index contributed by atoms with van der Waals surface area (Å²) < 4.78 is 8.56. The molecule has 5 heteroatoms. The molecular weight excluding hydrogens is 492 g/mol. The van der Waals surface area contributed by atoms with Gasteiger partial charge in [0.25, 0.3) is 0 Å². The fourth-order valence-electron chi connectivity index (χ4n) is 6.08. The van der Waals surface area contributed by atoms with E-state index < -0.39 is 0 Å². The van der Waals surface area contributed by atoms with Crippen LogP contribution >= 0.6 is 0 Å². The maximum absolute atomic E-state index is 6.40. The molecule has 0 amide bonds. The monoisotopic (exact) mass is 512 g/mol. The molecule has 9 aromatic rings. The van der Waals surface area contributed by atoms with Gasteiger partial charge >= 0.3 is 0 Å². The number of aromatic nitrogens is 4. The molecular formula is C35H20N4O. The molecule has 0 aliphatic carbocycles. The second-order valence-corrected chi connectivity index (χ2v) is 10.1. The molecule has 5 nitrogen and oxygen atoms in total. The van der Waals surface area contributed by atoms with E-state index in [0.29, 0.717) is 17.6 Å². The molecule has 0 fully saturated rings. The Morgan fingerprint density at radius 3 is 1.93 bits per heavy atom. The van der Waals surface area contributed by atoms with E-state index in [9.17, 15) is 0 Å². The molecule has 0 saturated heterocycles. The normalized spacial score (nSPS) is 12.0. The standard InChI is InChI=1S/C35H20N4O/c1-3-10-22(11-4-1)33-36-34(23-12-5-2-6-13-23)38-35(37-33)39-26-16-9-14-21-18-19-25-31-24-15-7-8-17-28(24)40-29(31)20-27(39)32(25)30(21)26/h1-20H. The highest BCUT2D eigenvalue weighted by molar-refractivity contribution is 6.32. The Morgan fingerprint density at radius 1 is 0.475 bits per heavy atom. The molecule has 3 aromatic heterocycles. The first kappa shape index (κ1) is 21.4. The summed E-state index contributed by atoms with van der Waals surface area (Å²) in [6.45, 7) is 0. The molecule has 0 saturated carbocycles. The summed E-state index contributed by atoms with van der Waals surface area (Å²) >= 11 is 0. The second kappa shape index (κ2) is 7.98. The van der Waals surface area contributed by atoms with Crippen molar-refractivity contribution < 1.29 is 4.42 Å². The SMILES string of the molecule is c1ccc(-c2nc(-c3ccccc3)nc(-n3c4cccc5ccc6c7c(cc3c6c54)oc3ccccc37)n2)cc1. The van der Waals surface area contributed by atoms with Crippen molar-refractivity contribution in [1.82, 2.24) is 19.5 Å². The van der Waals surface area contributed by atoms with E-state index in [1.165, 1.54) is 21.5 Å². The van der Waals surface area contributed by atoms with Gasteiger partial charge in [0, 0.05) is 38.7 Å². The summed E-state index contributed by atoms with van der Waals surface area (Å²) in [6.07, 6.45) is 0. The molecule has 6 aromatic carbocycles. The predicted molar refractivity (Wildman–Crippen MR) is 161 cm³/mol. The lowest BCUT2D eigenvalue weighted by atomic mass is 9.98. The summed E-state index contributed by atoms with van der Waals surface area (Å²) in [6, 6.07) is 41.4. The molecule has 0 unspecified atom stereocenters. The van der Waals surface area contributed by atoms with Gasteiger partial charge in [-0.3, -0.25) is 4.57 Å². The summed E-state index contributed by atoms with van der Waals surface area (Å²) in [5.41, 5.74) is 5.68. The molecule has 3 heterocycles. The Labute approximate surface area is 228 Å². The number of rotatable bonds is 3. The van der Waals surface area contributed by atoms with Crippen LogP contribution in [0, 0.1) is 0 Å². The van der Waals surface area contributed by atoms with Crippen molar-refractivity contribution in [3.05, 3.63) is 121 Å². The molecule has 0 aliphatic rings. The molecule has 40 heavy (non-hydrogen) atoms. The van der Waals surface area contributed by atoms with Crippen LogP contribution in [0.4, 0.5) is 0 Å². The third kappa shape index (κ3) is 2.94. The maximum Gasteiger partial charge on any atom is 0.238 e. The first-order valence-electron chi connectivity index (χ1n) is 13.3. The number of fused-ring (bicyclic) bond motifs is 4. The Kier molecular flexibility index (Phi) is 4.27. The highest BCUT2D eigenvalue weighted by Gasteiger charge is 2.23. The molecule has 0 bridgehead atoms. The molecule has 0 atom stereocenters. The minimum absolute atomic E-state index is 0.577. The van der Waals surface area contributed by atoms with Crippen molar-refractivity contribution >= 4 is 54.5 Å². The highest BCUT2D eigenvalue weighted by Crippen LogP contribution is 2.44. The molecule has 0 N–H and O–H groups in total. The number of furan rings is 1. The van der Waals surface area contributed by atoms with E-state index in [0.717, 1.165) is 44.1 Å². The lowest BCUT2D eigenvalue weighted by Crippen LogP contribution is -2.06. The lowest BCUT2D eigenvalue weighted by molar-refractivity contribution is 0.669. The van der Waals surface area contributed by atoms with Crippen LogP contribution in [0.15, 0.2) is 126 Å². The number of nitrogens with zero attached hydrogens (tertiary/aromatic N) is 4. The molecule has 9 rings (SSSR count). The van der Waals surface area contributed by atoms with Gasteiger partial charge in [-0.2, -0.15) is 9.97 Å². The number of benzene rings is 6. The topological polar surface area (TPSA) is 56.7 Å². The van der Waals surface area contributed by atoms with Crippen LogP contribution in [0.3, 0.4) is 0 Å². The number of para-hydroxylation sites is 1. The van der Waals surface area contributed by atoms with Crippen LogP contribution in [-0.4, -0.2) is 19.5 Å². The summed E-state index contributed by atoms with van der Waals surface area (Å²) in [7, 11) is 0. The zero-order chi connectivity index (χ0) is 26.2. The van der Waals surface area contributed by atoms with Gasteiger partial charge in [0.05, 0.1) is 11.0 Å². The highest BCUT2D eigenvalue weighted by atomic mass is 16.3. The van der Waals surface area contributed by atoms with Crippen LogP contribution in [0.25, 0.3) is 83.2 Å². The van der Waals surface area contributed by atoms with E-state index in [2.05, 4.69) is 53.1 Å². The smallest absolute Gasteiger partial charge is 0.238 e. The lowest BCUT2D eigenvalue weighted by Gasteiger charge is -2.11. The van der Waals surface area contributed by atoms with Crippen molar-refractivity contribution in [2.75, 3.05) is 0 Å². The van der Waals surface area contributed by atoms with E-state index in [1.807, 2.05) is 72.8 Å². The van der Waals surface area contributed by atoms with Gasteiger partial charge in [-0.15, -0.1) is 0 Å². The van der Waals surface area contributed by atoms with Crippen LogP contribution in [0.5, 0.6) is 0 Å². The van der Waals surface area contributed by atoms with Gasteiger partial charge < -0.3 is 4.42 Å². The zero-order valence-electron chi connectivity index (χ0n) is 21.2. The van der Waals surface area contributed by atoms with Crippen LogP contribution < -0.4 is 0 Å². The van der Waals surface area contributed by atoms with Gasteiger partial charge in [-0.25, -0.2) is 4.98 Å². The first-order chi connectivity index (χ1) is 19.8. The van der Waals surface area contributed by atoms with Crippen molar-refractivity contribution in [2.45, 2.75) is 0 Å². The molecule has 0 radical (unpaired) electrons. The maximum atomic E-state index is 6.40. The van der Waals surface area contributed by atoms with Gasteiger partial charge in [-0.1, -0.05) is 103 Å². The Hall–Kier alpha value is -5.55. The van der Waals surface area contributed by atoms with Gasteiger partial charge in [-0.05, 0) is 22.9 Å². The third-order valence-electron chi connectivity index (χ3n) is 7.81. The molecule has 0 aliphatic heterocycles. The van der Waals surface area contributed by atoms with Crippen molar-refractivity contribution in [3.8, 4) is 28.7 Å². The molecule has 186 valence electrons. The van der Waals surface area contributed by atoms with Crippen LogP contribution in [0.1, 0.15) is 0 Å². The summed E-state index contributed by atoms with van der Waals surface area (Å²) in [5, 5.41) is 7.00. The van der Waals surface area contributed by atoms with Crippen molar-refractivity contribution in [2.24, 2.45) is 0 Å². The van der Waals surface area contributed by atoms with E-state index in [1.54, 1.807) is 0 Å². The Bertz CT molecular complexity index is 2310. The quantitative estimate of drug-likeness (QED) is 0.222. The van der Waals surface area contributed by atoms with Crippen LogP contribution in [-0.2, 0) is 0 Å². The number of hydrogen-bond acceptors (Lipinski definition) is 4. The minimum atomic E-state index is 0.577. The van der Waals surface area contributed by atoms with Crippen LogP contribution in [0.2, 0.25) is 0 Å². The Morgan fingerprint density at radius 2 is 1.18 bits per heavy atom. The minimum Gasteiger partial charge on any atom is -0.456 e. The number of hydrogen-bond donors (Lipinski definition) is 0. The van der Waals surface area contributed by atoms with Gasteiger partial charge in [0.15, 0.2) is 11.6 Å². The van der Waals surface area contributed by atoms with Crippen molar-refractivity contribution in [3.63, 3.8) is 0 Å². The van der Waals surface area contributed by atoms with Gasteiger partial charge in [0.1, 0.15) is 11.2 Å². The van der Waals surface area contributed by atoms with Crippen molar-refractivity contribution in [1.29, 1.82) is 0 Å². The predicted octanol–water partition coefficient (Wildman–Crippen LogP) is 8.79. The van der Waals surface area contributed by atoms with E-state index >= 15 is 0 Å². The average Bonchev–Trinajstić information content (AvgIpc) is 3.56. The largest absolute Gasteiger partial charge is 0.456 e. The second-order valence-electron chi connectivity index (χ2n) is 10.1. The third-order valence-corrected chi connectivity index (χ3v) is 7.81. The summed E-state index contributed by atoms with van der Waals surface area (Å²) in [5.74, 6) is 1.84. The van der Waals surface area contributed by atoms with Gasteiger partial charge in [0.2, 0.25) is 5.95 Å². The Balaban J connectivity index is 1.44. The van der Waals surface area contributed by atoms with E-state index in [-0.39, 0.29) is 0 Å². The first-order valence-corrected chi connectivity index (χ1v) is 13.3. The van der Waals surface area contributed by atoms with E-state index in [4.69, 9.17) is 19.4 Å².